The largest absolute Gasteiger partial charge is 0.343 e. The molecule has 1 aromatic carbocycles. The van der Waals surface area contributed by atoms with Crippen molar-refractivity contribution in [1.29, 1.82) is 0 Å². The molecule has 1 aliphatic rings. The second-order valence-corrected chi connectivity index (χ2v) is 7.29. The van der Waals surface area contributed by atoms with Crippen molar-refractivity contribution in [3.8, 4) is 0 Å². The van der Waals surface area contributed by atoms with E-state index in [4.69, 9.17) is 0 Å². The summed E-state index contributed by atoms with van der Waals surface area (Å²) >= 11 is 0. The smallest absolute Gasteiger partial charge is 0.226 e. The quantitative estimate of drug-likeness (QED) is 0.672. The summed E-state index contributed by atoms with van der Waals surface area (Å²) in [5.74, 6) is -1.57. The molecule has 27 heavy (non-hydrogen) atoms. The van der Waals surface area contributed by atoms with Gasteiger partial charge < -0.3 is 5.32 Å². The lowest BCUT2D eigenvalue weighted by Gasteiger charge is -2.20. The molecule has 2 N–H and O–H groups in total. The van der Waals surface area contributed by atoms with Gasteiger partial charge in [-0.1, -0.05) is 32.0 Å². The van der Waals surface area contributed by atoms with E-state index in [2.05, 4.69) is 20.5 Å². The van der Waals surface area contributed by atoms with Crippen molar-refractivity contribution in [2.24, 2.45) is 5.92 Å². The van der Waals surface area contributed by atoms with E-state index in [1.165, 1.54) is 0 Å². The normalized spacial score (nSPS) is 20.0. The van der Waals surface area contributed by atoms with Crippen molar-refractivity contribution in [3.05, 3.63) is 59.3 Å². The first-order chi connectivity index (χ1) is 12.9. The lowest BCUT2D eigenvalue weighted by Crippen LogP contribution is -2.32. The van der Waals surface area contributed by atoms with E-state index in [0.717, 1.165) is 16.5 Å². The lowest BCUT2D eigenvalue weighted by molar-refractivity contribution is -0.123. The van der Waals surface area contributed by atoms with Gasteiger partial charge in [-0.2, -0.15) is 9.49 Å². The van der Waals surface area contributed by atoms with Crippen molar-refractivity contribution in [2.45, 2.75) is 38.4 Å². The average molecular weight is 370 g/mol. The molecule has 0 spiro atoms. The fourth-order valence-corrected chi connectivity index (χ4v) is 3.20. The molecule has 2 heterocycles. The minimum absolute atomic E-state index is 0.000283. The van der Waals surface area contributed by atoms with Crippen LogP contribution >= 0.6 is 0 Å². The molecular formula is C20H20F2N4O. The summed E-state index contributed by atoms with van der Waals surface area (Å²) in [6.07, 6.45) is 0.820. The topological polar surface area (TPSA) is 70.7 Å². The molecular weight excluding hydrogens is 350 g/mol. The molecule has 2 aromatic heterocycles. The number of hydrogen-bond donors (Lipinski definition) is 2. The Morgan fingerprint density at radius 2 is 2.07 bits per heavy atom. The maximum Gasteiger partial charge on any atom is 0.226 e. The van der Waals surface area contributed by atoms with Crippen molar-refractivity contribution in [3.63, 3.8) is 0 Å². The minimum atomic E-state index is -1.10. The van der Waals surface area contributed by atoms with Crippen molar-refractivity contribution >= 4 is 16.8 Å². The third kappa shape index (κ3) is 3.41. The van der Waals surface area contributed by atoms with Crippen LogP contribution in [0.2, 0.25) is 0 Å². The molecule has 0 saturated heterocycles. The van der Waals surface area contributed by atoms with Crippen LogP contribution in [-0.2, 0) is 4.79 Å². The molecule has 0 radical (unpaired) electrons. The molecule has 0 unspecified atom stereocenters. The summed E-state index contributed by atoms with van der Waals surface area (Å²) in [6, 6.07) is 8.25. The van der Waals surface area contributed by atoms with E-state index in [-0.39, 0.29) is 18.2 Å². The number of amides is 1. The van der Waals surface area contributed by atoms with Crippen LogP contribution in [0.1, 0.15) is 49.0 Å². The lowest BCUT2D eigenvalue weighted by atomic mass is 9.99. The first-order valence-corrected chi connectivity index (χ1v) is 8.98. The molecule has 0 aliphatic heterocycles. The van der Waals surface area contributed by atoms with Crippen LogP contribution in [0, 0.1) is 11.9 Å². The summed E-state index contributed by atoms with van der Waals surface area (Å²) in [6.45, 7) is 3.78. The van der Waals surface area contributed by atoms with Gasteiger partial charge >= 0.3 is 0 Å². The average Bonchev–Trinajstić information content (AvgIpc) is 3.18. The van der Waals surface area contributed by atoms with Gasteiger partial charge in [-0.3, -0.25) is 9.89 Å². The number of carbonyl (C=O) groups is 1. The number of aromatic amines is 1. The zero-order valence-electron chi connectivity index (χ0n) is 15.0. The summed E-state index contributed by atoms with van der Waals surface area (Å²) in [4.78, 5) is 16.4. The first-order valence-electron chi connectivity index (χ1n) is 8.98. The van der Waals surface area contributed by atoms with Gasteiger partial charge in [-0.05, 0) is 30.0 Å². The van der Waals surface area contributed by atoms with Crippen LogP contribution in [0.15, 0.2) is 36.5 Å². The zero-order valence-corrected chi connectivity index (χ0v) is 15.0. The number of nitrogens with zero attached hydrogens (tertiary/aromatic N) is 2. The van der Waals surface area contributed by atoms with Crippen LogP contribution in [0.25, 0.3) is 10.9 Å². The molecule has 5 nitrogen and oxygen atoms in total. The SMILES string of the molecule is CC(C)c1ccc([C@@H](NC(=O)[C@H]2C[C@@H]2F)c2ccc3cn[nH]c3c2)nc1F. The molecule has 0 bridgehead atoms. The standard InChI is InChI=1S/C20H20F2N4O/c1-10(2)13-5-6-16(24-19(13)22)18(25-20(27)14-8-15(14)21)11-3-4-12-9-23-26-17(12)7-11/h3-7,9-10,14-15,18H,8H2,1-2H3,(H,23,26)(H,25,27)/t14-,15-,18-/m0/s1. The number of hydrogen-bond acceptors (Lipinski definition) is 3. The van der Waals surface area contributed by atoms with Crippen LogP contribution in [0.5, 0.6) is 0 Å². The summed E-state index contributed by atoms with van der Waals surface area (Å²) < 4.78 is 27.8. The molecule has 3 aromatic rings. The van der Waals surface area contributed by atoms with Crippen molar-refractivity contribution in [2.75, 3.05) is 0 Å². The van der Waals surface area contributed by atoms with Gasteiger partial charge in [0, 0.05) is 10.9 Å². The summed E-state index contributed by atoms with van der Waals surface area (Å²) in [5.41, 5.74) is 2.40. The molecule has 4 rings (SSSR count). The third-order valence-electron chi connectivity index (χ3n) is 4.95. The van der Waals surface area contributed by atoms with E-state index in [0.29, 0.717) is 11.3 Å². The highest BCUT2D eigenvalue weighted by Gasteiger charge is 2.44. The zero-order chi connectivity index (χ0) is 19.1. The summed E-state index contributed by atoms with van der Waals surface area (Å²) in [5, 5.41) is 10.6. The van der Waals surface area contributed by atoms with Crippen LogP contribution in [0.3, 0.4) is 0 Å². The highest BCUT2D eigenvalue weighted by molar-refractivity contribution is 5.83. The Bertz CT molecular complexity index is 1000. The maximum absolute atomic E-state index is 14.5. The molecule has 7 heteroatoms. The molecule has 1 saturated carbocycles. The highest BCUT2D eigenvalue weighted by Crippen LogP contribution is 2.35. The Labute approximate surface area is 155 Å². The number of aromatic nitrogens is 3. The number of H-pyrrole nitrogens is 1. The predicted molar refractivity (Wildman–Crippen MR) is 97.4 cm³/mol. The van der Waals surface area contributed by atoms with Gasteiger partial charge in [0.25, 0.3) is 0 Å². The Morgan fingerprint density at radius 1 is 1.30 bits per heavy atom. The Kier molecular flexibility index (Phi) is 4.37. The van der Waals surface area contributed by atoms with E-state index < -0.39 is 24.1 Å². The molecule has 1 aliphatic carbocycles. The molecule has 140 valence electrons. The van der Waals surface area contributed by atoms with Crippen LogP contribution in [0.4, 0.5) is 8.78 Å². The molecule has 1 amide bonds. The van der Waals surface area contributed by atoms with Gasteiger partial charge in [0.05, 0.1) is 29.4 Å². The number of pyridine rings is 1. The van der Waals surface area contributed by atoms with Gasteiger partial charge in [0.1, 0.15) is 6.17 Å². The number of carbonyl (C=O) groups excluding carboxylic acids is 1. The van der Waals surface area contributed by atoms with Gasteiger partial charge in [0.2, 0.25) is 11.9 Å². The third-order valence-corrected chi connectivity index (χ3v) is 4.95. The van der Waals surface area contributed by atoms with Crippen molar-refractivity contribution in [1.82, 2.24) is 20.5 Å². The van der Waals surface area contributed by atoms with E-state index in [9.17, 15) is 13.6 Å². The van der Waals surface area contributed by atoms with Crippen LogP contribution < -0.4 is 5.32 Å². The monoisotopic (exact) mass is 370 g/mol. The summed E-state index contributed by atoms with van der Waals surface area (Å²) in [7, 11) is 0. The number of benzene rings is 1. The van der Waals surface area contributed by atoms with Crippen molar-refractivity contribution < 1.29 is 13.6 Å². The van der Waals surface area contributed by atoms with E-state index in [1.54, 1.807) is 18.3 Å². The predicted octanol–water partition coefficient (Wildman–Crippen LogP) is 3.78. The molecule has 3 atom stereocenters. The van der Waals surface area contributed by atoms with Gasteiger partial charge in [0.15, 0.2) is 0 Å². The van der Waals surface area contributed by atoms with E-state index in [1.807, 2.05) is 32.0 Å². The number of fused-ring (bicyclic) bond motifs is 1. The first kappa shape index (κ1) is 17.6. The van der Waals surface area contributed by atoms with Gasteiger partial charge in [-0.15, -0.1) is 0 Å². The minimum Gasteiger partial charge on any atom is -0.343 e. The fourth-order valence-electron chi connectivity index (χ4n) is 3.20. The number of rotatable bonds is 5. The van der Waals surface area contributed by atoms with Gasteiger partial charge in [-0.25, -0.2) is 9.37 Å². The fraction of sp³-hybridized carbons (Fsp3) is 0.350. The second-order valence-electron chi connectivity index (χ2n) is 7.29. The Balaban J connectivity index is 1.73. The second kappa shape index (κ2) is 6.72. The molecule has 1 fully saturated rings. The maximum atomic E-state index is 14.5. The van der Waals surface area contributed by atoms with Crippen LogP contribution in [-0.4, -0.2) is 27.3 Å². The number of alkyl halides is 1. The Morgan fingerprint density at radius 3 is 2.74 bits per heavy atom. The number of nitrogens with one attached hydrogen (secondary N) is 2. The highest BCUT2D eigenvalue weighted by atomic mass is 19.1. The number of halogens is 2. The van der Waals surface area contributed by atoms with E-state index >= 15 is 0 Å². The Hall–Kier alpha value is -2.83.